The van der Waals surface area contributed by atoms with E-state index in [1.807, 2.05) is 48.5 Å². The quantitative estimate of drug-likeness (QED) is 0.382. The smallest absolute Gasteiger partial charge is 0.289 e. The molecule has 5 rings (SSSR count). The molecule has 3 heterocycles. The van der Waals surface area contributed by atoms with Crippen molar-refractivity contribution < 1.29 is 13.9 Å². The number of para-hydroxylation sites is 2. The van der Waals surface area contributed by atoms with E-state index in [2.05, 4.69) is 4.98 Å². The molecule has 0 aliphatic carbocycles. The molecule has 0 atom stereocenters. The summed E-state index contributed by atoms with van der Waals surface area (Å²) in [6, 6.07) is 17.1. The van der Waals surface area contributed by atoms with Crippen molar-refractivity contribution in [3.8, 4) is 5.75 Å². The SMILES string of the molecule is COc1cccc2sc(N(Cc3ccco3)C(=O)c3nc4ccccc4s3)nc12. The van der Waals surface area contributed by atoms with Crippen molar-refractivity contribution in [3.63, 3.8) is 0 Å². The number of hydrogen-bond donors (Lipinski definition) is 0. The summed E-state index contributed by atoms with van der Waals surface area (Å²) < 4.78 is 12.8. The fourth-order valence-electron chi connectivity index (χ4n) is 3.06. The molecule has 0 aliphatic heterocycles. The maximum absolute atomic E-state index is 13.4. The number of fused-ring (bicyclic) bond motifs is 2. The van der Waals surface area contributed by atoms with Gasteiger partial charge in [0.2, 0.25) is 0 Å². The van der Waals surface area contributed by atoms with Crippen LogP contribution in [0.15, 0.2) is 65.3 Å². The average Bonchev–Trinajstić information content (AvgIpc) is 3.49. The molecule has 0 radical (unpaired) electrons. The number of rotatable bonds is 5. The van der Waals surface area contributed by atoms with E-state index < -0.39 is 0 Å². The van der Waals surface area contributed by atoms with Crippen LogP contribution in [-0.2, 0) is 6.54 Å². The van der Waals surface area contributed by atoms with E-state index in [4.69, 9.17) is 14.1 Å². The van der Waals surface area contributed by atoms with Gasteiger partial charge < -0.3 is 9.15 Å². The van der Waals surface area contributed by atoms with E-state index in [1.54, 1.807) is 24.3 Å². The van der Waals surface area contributed by atoms with Crippen molar-refractivity contribution in [1.82, 2.24) is 9.97 Å². The first-order valence-corrected chi connectivity index (χ1v) is 10.5. The van der Waals surface area contributed by atoms with Gasteiger partial charge in [-0.3, -0.25) is 9.69 Å². The molecule has 1 amide bonds. The molecule has 5 aromatic rings. The van der Waals surface area contributed by atoms with Crippen LogP contribution in [0.2, 0.25) is 0 Å². The van der Waals surface area contributed by atoms with Crippen molar-refractivity contribution in [2.45, 2.75) is 6.54 Å². The molecule has 6 nitrogen and oxygen atoms in total. The summed E-state index contributed by atoms with van der Waals surface area (Å²) in [4.78, 5) is 24.3. The summed E-state index contributed by atoms with van der Waals surface area (Å²) >= 11 is 2.81. The molecule has 0 saturated carbocycles. The Morgan fingerprint density at radius 3 is 2.69 bits per heavy atom. The summed E-state index contributed by atoms with van der Waals surface area (Å²) in [5, 5.41) is 0.995. The number of benzene rings is 2. The first-order valence-electron chi connectivity index (χ1n) is 8.86. The summed E-state index contributed by atoms with van der Waals surface area (Å²) in [5.41, 5.74) is 1.54. The van der Waals surface area contributed by atoms with Gasteiger partial charge in [-0.15, -0.1) is 11.3 Å². The first-order chi connectivity index (χ1) is 14.2. The molecule has 0 N–H and O–H groups in total. The zero-order valence-corrected chi connectivity index (χ0v) is 17.0. The third-order valence-corrected chi connectivity index (χ3v) is 6.51. The molecule has 29 heavy (non-hydrogen) atoms. The van der Waals surface area contributed by atoms with Gasteiger partial charge in [-0.05, 0) is 36.4 Å². The Hall–Kier alpha value is -3.23. The van der Waals surface area contributed by atoms with Crippen LogP contribution in [0.25, 0.3) is 20.4 Å². The number of aromatic nitrogens is 2. The molecule has 8 heteroatoms. The van der Waals surface area contributed by atoms with E-state index >= 15 is 0 Å². The minimum absolute atomic E-state index is 0.208. The number of methoxy groups -OCH3 is 1. The second kappa shape index (κ2) is 7.31. The van der Waals surface area contributed by atoms with E-state index in [0.717, 1.165) is 20.4 Å². The van der Waals surface area contributed by atoms with Crippen molar-refractivity contribution in [2.75, 3.05) is 12.0 Å². The molecule has 0 bridgehead atoms. The second-order valence-electron chi connectivity index (χ2n) is 6.26. The van der Waals surface area contributed by atoms with Gasteiger partial charge in [0.15, 0.2) is 10.1 Å². The standard InChI is InChI=1S/C21H15N3O3S2/c1-26-15-8-4-10-17-18(15)23-21(29-17)24(12-13-6-5-11-27-13)20(25)19-22-14-7-2-3-9-16(14)28-19/h2-11H,12H2,1H3. The van der Waals surface area contributed by atoms with Gasteiger partial charge in [-0.25, -0.2) is 9.97 Å². The molecular weight excluding hydrogens is 406 g/mol. The van der Waals surface area contributed by atoms with Crippen LogP contribution >= 0.6 is 22.7 Å². The van der Waals surface area contributed by atoms with Crippen molar-refractivity contribution >= 4 is 54.1 Å². The lowest BCUT2D eigenvalue weighted by molar-refractivity contribution is 0.0983. The van der Waals surface area contributed by atoms with Crippen LogP contribution in [0, 0.1) is 0 Å². The normalized spacial score (nSPS) is 11.2. The van der Waals surface area contributed by atoms with Gasteiger partial charge in [0.1, 0.15) is 17.0 Å². The molecule has 0 fully saturated rings. The second-order valence-corrected chi connectivity index (χ2v) is 8.30. The number of thiazole rings is 2. The Bertz CT molecular complexity index is 1270. The lowest BCUT2D eigenvalue weighted by Gasteiger charge is -2.17. The van der Waals surface area contributed by atoms with Crippen LogP contribution in [0.4, 0.5) is 5.13 Å². The molecule has 3 aromatic heterocycles. The van der Waals surface area contributed by atoms with Crippen LogP contribution in [0.5, 0.6) is 5.75 Å². The minimum Gasteiger partial charge on any atom is -0.494 e. The van der Waals surface area contributed by atoms with Crippen molar-refractivity contribution in [2.24, 2.45) is 0 Å². The van der Waals surface area contributed by atoms with E-state index in [0.29, 0.717) is 21.6 Å². The van der Waals surface area contributed by atoms with Gasteiger partial charge in [0, 0.05) is 0 Å². The molecule has 0 spiro atoms. The fraction of sp³-hybridized carbons (Fsp3) is 0.0952. The van der Waals surface area contributed by atoms with E-state index in [9.17, 15) is 4.79 Å². The molecular formula is C21H15N3O3S2. The minimum atomic E-state index is -0.208. The summed E-state index contributed by atoms with van der Waals surface area (Å²) in [5.74, 6) is 1.14. The van der Waals surface area contributed by atoms with Gasteiger partial charge in [-0.1, -0.05) is 29.5 Å². The monoisotopic (exact) mass is 421 g/mol. The molecule has 2 aromatic carbocycles. The van der Waals surface area contributed by atoms with Crippen LogP contribution < -0.4 is 9.64 Å². The van der Waals surface area contributed by atoms with Gasteiger partial charge in [-0.2, -0.15) is 0 Å². The van der Waals surface area contributed by atoms with Crippen molar-refractivity contribution in [3.05, 3.63) is 71.6 Å². The highest BCUT2D eigenvalue weighted by Gasteiger charge is 2.26. The third-order valence-electron chi connectivity index (χ3n) is 4.44. The highest BCUT2D eigenvalue weighted by Crippen LogP contribution is 2.36. The number of carbonyl (C=O) groups is 1. The summed E-state index contributed by atoms with van der Waals surface area (Å²) in [6.07, 6.45) is 1.59. The van der Waals surface area contributed by atoms with Gasteiger partial charge in [0.05, 0.1) is 34.8 Å². The number of carbonyl (C=O) groups excluding carboxylic acids is 1. The Labute approximate surface area is 174 Å². The predicted molar refractivity (Wildman–Crippen MR) is 115 cm³/mol. The van der Waals surface area contributed by atoms with Crippen LogP contribution in [0.1, 0.15) is 15.6 Å². The molecule has 0 unspecified atom stereocenters. The predicted octanol–water partition coefficient (Wildman–Crippen LogP) is 5.35. The van der Waals surface area contributed by atoms with E-state index in [-0.39, 0.29) is 12.5 Å². The Balaban J connectivity index is 1.60. The zero-order valence-electron chi connectivity index (χ0n) is 15.4. The van der Waals surface area contributed by atoms with Crippen LogP contribution in [0.3, 0.4) is 0 Å². The third kappa shape index (κ3) is 3.26. The average molecular weight is 422 g/mol. The lowest BCUT2D eigenvalue weighted by atomic mass is 10.3. The van der Waals surface area contributed by atoms with Gasteiger partial charge in [0.25, 0.3) is 5.91 Å². The number of furan rings is 1. The molecule has 144 valence electrons. The summed E-state index contributed by atoms with van der Waals surface area (Å²) in [7, 11) is 1.61. The highest BCUT2D eigenvalue weighted by atomic mass is 32.1. The van der Waals surface area contributed by atoms with Crippen LogP contribution in [-0.4, -0.2) is 23.0 Å². The number of amides is 1. The zero-order chi connectivity index (χ0) is 19.8. The number of ether oxygens (including phenoxy) is 1. The Morgan fingerprint density at radius 2 is 1.90 bits per heavy atom. The Morgan fingerprint density at radius 1 is 1.03 bits per heavy atom. The lowest BCUT2D eigenvalue weighted by Crippen LogP contribution is -2.30. The Kier molecular flexibility index (Phi) is 4.49. The maximum Gasteiger partial charge on any atom is 0.289 e. The number of nitrogens with zero attached hydrogens (tertiary/aromatic N) is 3. The first kappa shape index (κ1) is 17.8. The van der Waals surface area contributed by atoms with Crippen molar-refractivity contribution in [1.29, 1.82) is 0 Å². The summed E-state index contributed by atoms with van der Waals surface area (Å²) in [6.45, 7) is 0.268. The fourth-order valence-corrected chi connectivity index (χ4v) is 4.95. The largest absolute Gasteiger partial charge is 0.494 e. The molecule has 0 aliphatic rings. The topological polar surface area (TPSA) is 68.5 Å². The number of hydrogen-bond acceptors (Lipinski definition) is 7. The highest BCUT2D eigenvalue weighted by molar-refractivity contribution is 7.23. The maximum atomic E-state index is 13.4. The van der Waals surface area contributed by atoms with Gasteiger partial charge >= 0.3 is 0 Å². The molecule has 0 saturated heterocycles. The number of anilines is 1. The van der Waals surface area contributed by atoms with E-state index in [1.165, 1.54) is 22.7 Å².